The van der Waals surface area contributed by atoms with Crippen LogP contribution in [0.3, 0.4) is 0 Å². The van der Waals surface area contributed by atoms with E-state index in [1.807, 2.05) is 0 Å². The van der Waals surface area contributed by atoms with Gasteiger partial charge < -0.3 is 11.2 Å². The van der Waals surface area contributed by atoms with Crippen LogP contribution in [0.1, 0.15) is 0 Å². The minimum atomic E-state index is -0.241. The molecule has 0 aromatic heterocycles. The first kappa shape index (κ1) is 8.74. The second-order valence-electron chi connectivity index (χ2n) is 1.67. The van der Waals surface area contributed by atoms with E-state index in [1.54, 1.807) is 11.8 Å². The first-order chi connectivity index (χ1) is 3.80. The minimum Gasteiger partial charge on any atom is -0.412 e. The van der Waals surface area contributed by atoms with Crippen molar-refractivity contribution in [1.82, 2.24) is 5.32 Å². The predicted octanol–water partition coefficient (Wildman–Crippen LogP) is -1.69. The third-order valence-corrected chi connectivity index (χ3v) is 2.00. The molecule has 9 heavy (non-hydrogen) atoms. The van der Waals surface area contributed by atoms with Gasteiger partial charge in [-0.3, -0.25) is 10.1 Å². The molecule has 0 aliphatic carbocycles. The van der Waals surface area contributed by atoms with Crippen molar-refractivity contribution in [3.63, 3.8) is 0 Å². The Labute approximate surface area is 57.5 Å². The highest BCUT2D eigenvalue weighted by atomic mass is 32.2. The summed E-state index contributed by atoms with van der Waals surface area (Å²) in [6.45, 7) is 0. The molecule has 1 fully saturated rings. The van der Waals surface area contributed by atoms with Crippen LogP contribution in [0.15, 0.2) is 0 Å². The lowest BCUT2D eigenvalue weighted by Gasteiger charge is -1.99. The van der Waals surface area contributed by atoms with Gasteiger partial charge in [0.05, 0.1) is 6.04 Å². The number of nitrogens with two attached hydrogens (primary N) is 1. The Morgan fingerprint density at radius 1 is 1.78 bits per heavy atom. The van der Waals surface area contributed by atoms with Crippen molar-refractivity contribution in [2.24, 2.45) is 5.73 Å². The van der Waals surface area contributed by atoms with Gasteiger partial charge in [0.2, 0.25) is 5.91 Å². The Kier molecular flexibility index (Phi) is 3.60. The Bertz CT molecular complexity index is 103. The fourth-order valence-corrected chi connectivity index (χ4v) is 1.53. The molecule has 1 rings (SSSR count). The Morgan fingerprint density at radius 3 is 2.67 bits per heavy atom. The first-order valence-electron chi connectivity index (χ1n) is 2.41. The maximum Gasteiger partial charge on any atom is 0.235 e. The summed E-state index contributed by atoms with van der Waals surface area (Å²) in [4.78, 5) is 10.3. The molecule has 1 aliphatic rings. The third kappa shape index (κ3) is 2.21. The first-order valence-corrected chi connectivity index (χ1v) is 3.56. The summed E-state index contributed by atoms with van der Waals surface area (Å²) in [7, 11) is 0. The lowest BCUT2D eigenvalue weighted by molar-refractivity contribution is -0.119. The molecular weight excluding hydrogens is 140 g/mol. The molecule has 0 saturated carbocycles. The van der Waals surface area contributed by atoms with Crippen molar-refractivity contribution in [3.8, 4) is 0 Å². The molecule has 5 heteroatoms. The van der Waals surface area contributed by atoms with Crippen molar-refractivity contribution in [2.75, 3.05) is 11.6 Å². The average Bonchev–Trinajstić information content (AvgIpc) is 2.12. The summed E-state index contributed by atoms with van der Waals surface area (Å²) in [5.41, 5.74) is 4.98. The highest BCUT2D eigenvalue weighted by Gasteiger charge is 2.18. The largest absolute Gasteiger partial charge is 0.412 e. The quantitative estimate of drug-likeness (QED) is 0.467. The molecule has 4 nitrogen and oxygen atoms in total. The van der Waals surface area contributed by atoms with Crippen LogP contribution in [0, 0.1) is 0 Å². The van der Waals surface area contributed by atoms with Crippen LogP contribution in [-0.4, -0.2) is 29.1 Å². The van der Waals surface area contributed by atoms with Gasteiger partial charge in [-0.25, -0.2) is 0 Å². The fourth-order valence-electron chi connectivity index (χ4n) is 0.578. The molecule has 1 unspecified atom stereocenters. The molecule has 0 aromatic carbocycles. The van der Waals surface area contributed by atoms with E-state index in [4.69, 9.17) is 5.73 Å². The van der Waals surface area contributed by atoms with E-state index >= 15 is 0 Å². The molecule has 1 saturated heterocycles. The molecule has 0 spiro atoms. The van der Waals surface area contributed by atoms with Gasteiger partial charge in [-0.15, -0.1) is 11.8 Å². The SMILES string of the molecule is NC(=O)C1CSCN1.O. The van der Waals surface area contributed by atoms with Gasteiger partial charge in [0, 0.05) is 11.6 Å². The van der Waals surface area contributed by atoms with Gasteiger partial charge in [0.1, 0.15) is 0 Å². The maximum absolute atomic E-state index is 10.3. The molecule has 0 radical (unpaired) electrons. The number of thioether (sulfide) groups is 1. The minimum absolute atomic E-state index is 0. The van der Waals surface area contributed by atoms with Gasteiger partial charge in [-0.1, -0.05) is 0 Å². The van der Waals surface area contributed by atoms with Crippen LogP contribution in [0.4, 0.5) is 0 Å². The van der Waals surface area contributed by atoms with Crippen molar-refractivity contribution < 1.29 is 10.3 Å². The summed E-state index contributed by atoms with van der Waals surface area (Å²) in [5, 5.41) is 2.94. The molecule has 0 aromatic rings. The molecule has 54 valence electrons. The average molecular weight is 150 g/mol. The van der Waals surface area contributed by atoms with E-state index in [0.717, 1.165) is 11.6 Å². The van der Waals surface area contributed by atoms with Crippen LogP contribution in [0.5, 0.6) is 0 Å². The molecule has 1 amide bonds. The summed E-state index contributed by atoms with van der Waals surface area (Å²) < 4.78 is 0. The number of nitrogens with one attached hydrogen (secondary N) is 1. The number of carbonyl (C=O) groups is 1. The number of primary amides is 1. The van der Waals surface area contributed by atoms with E-state index in [9.17, 15) is 4.79 Å². The van der Waals surface area contributed by atoms with Crippen molar-refractivity contribution in [2.45, 2.75) is 6.04 Å². The molecule has 1 heterocycles. The zero-order valence-corrected chi connectivity index (χ0v) is 5.70. The standard InChI is InChI=1S/C4H8N2OS.H2O/c5-4(7)3-1-8-2-6-3;/h3,6H,1-2H2,(H2,5,7);1H2. The lowest BCUT2D eigenvalue weighted by atomic mass is 10.3. The van der Waals surface area contributed by atoms with Gasteiger partial charge in [0.25, 0.3) is 0 Å². The van der Waals surface area contributed by atoms with Crippen LogP contribution in [0.25, 0.3) is 0 Å². The van der Waals surface area contributed by atoms with Gasteiger partial charge in [-0.2, -0.15) is 0 Å². The number of carbonyl (C=O) groups excluding carboxylic acids is 1. The highest BCUT2D eigenvalue weighted by Crippen LogP contribution is 2.07. The monoisotopic (exact) mass is 150 g/mol. The van der Waals surface area contributed by atoms with Gasteiger partial charge >= 0.3 is 0 Å². The van der Waals surface area contributed by atoms with E-state index < -0.39 is 0 Å². The number of hydrogen-bond acceptors (Lipinski definition) is 3. The number of amides is 1. The predicted molar refractivity (Wildman–Crippen MR) is 37.1 cm³/mol. The topological polar surface area (TPSA) is 86.6 Å². The summed E-state index contributed by atoms with van der Waals surface area (Å²) >= 11 is 1.70. The Balaban J connectivity index is 0.000000640. The molecule has 1 aliphatic heterocycles. The smallest absolute Gasteiger partial charge is 0.235 e. The fraction of sp³-hybridized carbons (Fsp3) is 0.750. The normalized spacial score (nSPS) is 25.1. The van der Waals surface area contributed by atoms with E-state index in [-0.39, 0.29) is 17.4 Å². The van der Waals surface area contributed by atoms with Crippen molar-refractivity contribution >= 4 is 17.7 Å². The van der Waals surface area contributed by atoms with Gasteiger partial charge in [0.15, 0.2) is 0 Å². The molecule has 1 atom stereocenters. The Hall–Kier alpha value is -0.260. The summed E-state index contributed by atoms with van der Waals surface area (Å²) in [6.07, 6.45) is 0. The lowest BCUT2D eigenvalue weighted by Crippen LogP contribution is -2.38. The summed E-state index contributed by atoms with van der Waals surface area (Å²) in [6, 6.07) is -0.0833. The summed E-state index contributed by atoms with van der Waals surface area (Å²) in [5.74, 6) is 1.44. The van der Waals surface area contributed by atoms with Crippen molar-refractivity contribution in [3.05, 3.63) is 0 Å². The molecule has 5 N–H and O–H groups in total. The highest BCUT2D eigenvalue weighted by molar-refractivity contribution is 7.99. The number of hydrogen-bond donors (Lipinski definition) is 2. The van der Waals surface area contributed by atoms with E-state index in [1.165, 1.54) is 0 Å². The second kappa shape index (κ2) is 3.71. The second-order valence-corrected chi connectivity index (χ2v) is 2.70. The Morgan fingerprint density at radius 2 is 2.44 bits per heavy atom. The zero-order chi connectivity index (χ0) is 5.98. The van der Waals surface area contributed by atoms with Crippen LogP contribution in [0.2, 0.25) is 0 Å². The van der Waals surface area contributed by atoms with E-state index in [2.05, 4.69) is 5.32 Å². The molecular formula is C4H10N2O2S. The van der Waals surface area contributed by atoms with Crippen LogP contribution in [-0.2, 0) is 4.79 Å². The van der Waals surface area contributed by atoms with Crippen LogP contribution < -0.4 is 11.1 Å². The molecule has 0 bridgehead atoms. The number of rotatable bonds is 1. The van der Waals surface area contributed by atoms with Crippen molar-refractivity contribution in [1.29, 1.82) is 0 Å². The third-order valence-electron chi connectivity index (χ3n) is 1.06. The van der Waals surface area contributed by atoms with Gasteiger partial charge in [-0.05, 0) is 0 Å². The van der Waals surface area contributed by atoms with Crippen LogP contribution >= 0.6 is 11.8 Å². The zero-order valence-electron chi connectivity index (χ0n) is 4.89. The van der Waals surface area contributed by atoms with E-state index in [0.29, 0.717) is 0 Å². The maximum atomic E-state index is 10.3.